The van der Waals surface area contributed by atoms with Gasteiger partial charge in [-0.1, -0.05) is 5.16 Å². The summed E-state index contributed by atoms with van der Waals surface area (Å²) < 4.78 is 0. The van der Waals surface area contributed by atoms with Crippen LogP contribution in [0.2, 0.25) is 0 Å². The molecule has 1 rings (SSSR count). The minimum Gasteiger partial charge on any atom is -0.411 e. The summed E-state index contributed by atoms with van der Waals surface area (Å²) in [6, 6.07) is 0.704. The van der Waals surface area contributed by atoms with Crippen molar-refractivity contribution in [3.8, 4) is 0 Å². The number of hydrogen-bond acceptors (Lipinski definition) is 2. The van der Waals surface area contributed by atoms with Gasteiger partial charge in [-0.05, 0) is 13.8 Å². The van der Waals surface area contributed by atoms with Crippen LogP contribution in [0.15, 0.2) is 5.16 Å². The summed E-state index contributed by atoms with van der Waals surface area (Å²) in [6.45, 7) is 6.71. The smallest absolute Gasteiger partial charge is 0.0827 e. The van der Waals surface area contributed by atoms with E-state index >= 15 is 0 Å². The van der Waals surface area contributed by atoms with Crippen molar-refractivity contribution in [2.75, 3.05) is 13.1 Å². The van der Waals surface area contributed by atoms with E-state index in [1.807, 2.05) is 0 Å². The van der Waals surface area contributed by atoms with Crippen LogP contribution in [0.4, 0.5) is 0 Å². The van der Waals surface area contributed by atoms with E-state index in [2.05, 4.69) is 19.0 Å². The van der Waals surface area contributed by atoms with Gasteiger partial charge in [0.15, 0.2) is 0 Å². The Balaban J connectivity index is 2.36. The van der Waals surface area contributed by atoms with Crippen LogP contribution in [0.1, 0.15) is 26.7 Å². The van der Waals surface area contributed by atoms with E-state index in [4.69, 9.17) is 5.21 Å². The molecule has 3 heteroatoms. The molecule has 0 bridgehead atoms. The Morgan fingerprint density at radius 2 is 1.91 bits per heavy atom. The molecule has 0 unspecified atom stereocenters. The van der Waals surface area contributed by atoms with Gasteiger partial charge in [-0.25, -0.2) is 0 Å². The second-order valence-corrected chi connectivity index (χ2v) is 3.48. The maximum Gasteiger partial charge on any atom is 0.0827 e. The Labute approximate surface area is 67.7 Å². The number of likely N-dealkylation sites (tertiary alicyclic amines) is 1. The molecule has 0 atom stereocenters. The van der Waals surface area contributed by atoms with E-state index in [-0.39, 0.29) is 0 Å². The lowest BCUT2D eigenvalue weighted by Crippen LogP contribution is -3.16. The molecule has 2 N–H and O–H groups in total. The Morgan fingerprint density at radius 3 is 2.27 bits per heavy atom. The molecule has 11 heavy (non-hydrogen) atoms. The summed E-state index contributed by atoms with van der Waals surface area (Å²) in [6.07, 6.45) is 1.92. The molecule has 0 radical (unpaired) electrons. The van der Waals surface area contributed by atoms with Crippen molar-refractivity contribution in [2.45, 2.75) is 32.7 Å². The van der Waals surface area contributed by atoms with Gasteiger partial charge < -0.3 is 10.1 Å². The summed E-state index contributed by atoms with van der Waals surface area (Å²) >= 11 is 0. The highest BCUT2D eigenvalue weighted by molar-refractivity contribution is 5.84. The highest BCUT2D eigenvalue weighted by Crippen LogP contribution is 1.94. The van der Waals surface area contributed by atoms with Crippen LogP contribution in [-0.4, -0.2) is 30.1 Å². The topological polar surface area (TPSA) is 37.0 Å². The van der Waals surface area contributed by atoms with Crippen LogP contribution < -0.4 is 4.90 Å². The van der Waals surface area contributed by atoms with Crippen molar-refractivity contribution in [1.29, 1.82) is 0 Å². The molecule has 0 aromatic carbocycles. The first kappa shape index (κ1) is 8.53. The summed E-state index contributed by atoms with van der Waals surface area (Å²) in [7, 11) is 0. The minimum atomic E-state index is 0.704. The Morgan fingerprint density at radius 1 is 1.36 bits per heavy atom. The maximum atomic E-state index is 8.49. The quantitative estimate of drug-likeness (QED) is 0.405. The molecule has 0 aliphatic carbocycles. The molecule has 0 aromatic rings. The average Bonchev–Trinajstić information content (AvgIpc) is 2.05. The number of piperidine rings is 1. The first-order valence-corrected chi connectivity index (χ1v) is 4.28. The normalized spacial score (nSPS) is 25.7. The maximum absolute atomic E-state index is 8.49. The van der Waals surface area contributed by atoms with Gasteiger partial charge in [0.25, 0.3) is 0 Å². The standard InChI is InChI=1S/C8H16N2O/c1-7(2)10-5-3-8(9-11)4-6-10/h7,11H,3-6H2,1-2H3/p+1. The molecular formula is C8H17N2O+. The summed E-state index contributed by atoms with van der Waals surface area (Å²) in [5, 5.41) is 11.7. The van der Waals surface area contributed by atoms with Crippen LogP contribution in [0.5, 0.6) is 0 Å². The lowest BCUT2D eigenvalue weighted by Gasteiger charge is -2.27. The van der Waals surface area contributed by atoms with E-state index in [1.54, 1.807) is 4.90 Å². The van der Waals surface area contributed by atoms with Crippen LogP contribution in [0.25, 0.3) is 0 Å². The highest BCUT2D eigenvalue weighted by atomic mass is 16.4. The van der Waals surface area contributed by atoms with Crippen LogP contribution >= 0.6 is 0 Å². The molecule has 1 aliphatic heterocycles. The Bertz CT molecular complexity index is 144. The second-order valence-electron chi connectivity index (χ2n) is 3.48. The molecule has 0 aromatic heterocycles. The SMILES string of the molecule is CC(C)[NH+]1CCC(=NO)CC1. The average molecular weight is 157 g/mol. The summed E-state index contributed by atoms with van der Waals surface area (Å²) in [4.78, 5) is 1.62. The van der Waals surface area contributed by atoms with Crippen LogP contribution in [0.3, 0.4) is 0 Å². The number of nitrogens with zero attached hydrogens (tertiary/aromatic N) is 1. The third-order valence-electron chi connectivity index (χ3n) is 2.43. The first-order chi connectivity index (χ1) is 5.24. The van der Waals surface area contributed by atoms with E-state index in [0.717, 1.165) is 31.6 Å². The van der Waals surface area contributed by atoms with Crippen LogP contribution in [0, 0.1) is 0 Å². The second kappa shape index (κ2) is 3.72. The molecule has 1 fully saturated rings. The lowest BCUT2D eigenvalue weighted by atomic mass is 10.1. The summed E-state index contributed by atoms with van der Waals surface area (Å²) in [5.41, 5.74) is 0.967. The molecule has 64 valence electrons. The van der Waals surface area contributed by atoms with Crippen molar-refractivity contribution in [2.24, 2.45) is 5.16 Å². The van der Waals surface area contributed by atoms with Crippen molar-refractivity contribution in [1.82, 2.24) is 0 Å². The highest BCUT2D eigenvalue weighted by Gasteiger charge is 2.20. The van der Waals surface area contributed by atoms with Gasteiger partial charge in [0.1, 0.15) is 0 Å². The van der Waals surface area contributed by atoms with Gasteiger partial charge in [-0.2, -0.15) is 0 Å². The van der Waals surface area contributed by atoms with Gasteiger partial charge >= 0.3 is 0 Å². The monoisotopic (exact) mass is 157 g/mol. The lowest BCUT2D eigenvalue weighted by molar-refractivity contribution is -0.922. The number of hydrogen-bond donors (Lipinski definition) is 2. The zero-order chi connectivity index (χ0) is 8.27. The predicted molar refractivity (Wildman–Crippen MR) is 44.3 cm³/mol. The van der Waals surface area contributed by atoms with Crippen molar-refractivity contribution < 1.29 is 10.1 Å². The van der Waals surface area contributed by atoms with Gasteiger partial charge in [0, 0.05) is 12.8 Å². The van der Waals surface area contributed by atoms with Gasteiger partial charge in [0.05, 0.1) is 24.8 Å². The number of nitrogens with one attached hydrogen (secondary N) is 1. The first-order valence-electron chi connectivity index (χ1n) is 4.28. The third kappa shape index (κ3) is 2.19. The largest absolute Gasteiger partial charge is 0.411 e. The third-order valence-corrected chi connectivity index (χ3v) is 2.43. The zero-order valence-electron chi connectivity index (χ0n) is 7.30. The Hall–Kier alpha value is -0.570. The molecule has 0 amide bonds. The molecule has 0 saturated carbocycles. The summed E-state index contributed by atoms with van der Waals surface area (Å²) in [5.74, 6) is 0. The van der Waals surface area contributed by atoms with E-state index < -0.39 is 0 Å². The van der Waals surface area contributed by atoms with Crippen LogP contribution in [-0.2, 0) is 0 Å². The van der Waals surface area contributed by atoms with Gasteiger partial charge in [0.2, 0.25) is 0 Å². The zero-order valence-corrected chi connectivity index (χ0v) is 7.30. The van der Waals surface area contributed by atoms with Gasteiger partial charge in [-0.15, -0.1) is 0 Å². The molecular weight excluding hydrogens is 140 g/mol. The van der Waals surface area contributed by atoms with Crippen molar-refractivity contribution in [3.05, 3.63) is 0 Å². The molecule has 1 heterocycles. The fraction of sp³-hybridized carbons (Fsp3) is 0.875. The van der Waals surface area contributed by atoms with Gasteiger partial charge in [-0.3, -0.25) is 0 Å². The van der Waals surface area contributed by atoms with Crippen molar-refractivity contribution >= 4 is 5.71 Å². The van der Waals surface area contributed by atoms with E-state index in [0.29, 0.717) is 6.04 Å². The predicted octanol–water partition coefficient (Wildman–Crippen LogP) is -0.0963. The molecule has 0 spiro atoms. The Kier molecular flexibility index (Phi) is 2.88. The van der Waals surface area contributed by atoms with E-state index in [1.165, 1.54) is 0 Å². The van der Waals surface area contributed by atoms with E-state index in [9.17, 15) is 0 Å². The fourth-order valence-corrected chi connectivity index (χ4v) is 1.54. The number of oxime groups is 1. The van der Waals surface area contributed by atoms with Crippen molar-refractivity contribution in [3.63, 3.8) is 0 Å². The molecule has 1 saturated heterocycles. The minimum absolute atomic E-state index is 0.704. The molecule has 3 nitrogen and oxygen atoms in total. The fourth-order valence-electron chi connectivity index (χ4n) is 1.54. The number of quaternary nitrogens is 1. The molecule has 1 aliphatic rings. The number of rotatable bonds is 1.